The Hall–Kier alpha value is -2.67. The number of amides is 1. The summed E-state index contributed by atoms with van der Waals surface area (Å²) in [5.41, 5.74) is 2.11. The van der Waals surface area contributed by atoms with Gasteiger partial charge in [0.05, 0.1) is 25.5 Å². The highest BCUT2D eigenvalue weighted by Crippen LogP contribution is 2.23. The van der Waals surface area contributed by atoms with Crippen LogP contribution in [0.1, 0.15) is 23.9 Å². The summed E-state index contributed by atoms with van der Waals surface area (Å²) in [6.45, 7) is 3.60. The molecule has 162 valence electrons. The number of aryl methyl sites for hydroxylation is 1. The topological polar surface area (TPSA) is 67.6 Å². The van der Waals surface area contributed by atoms with E-state index in [1.165, 1.54) is 0 Å². The van der Waals surface area contributed by atoms with E-state index in [1.807, 2.05) is 54.6 Å². The molecule has 2 aromatic carbocycles. The average Bonchev–Trinajstić information content (AvgIpc) is 3.29. The molecule has 1 aliphatic rings. The lowest BCUT2D eigenvalue weighted by atomic mass is 10.0. The molecule has 7 heteroatoms. The van der Waals surface area contributed by atoms with Gasteiger partial charge >= 0.3 is 0 Å². The Morgan fingerprint density at radius 3 is 2.58 bits per heavy atom. The van der Waals surface area contributed by atoms with E-state index in [0.29, 0.717) is 49.3 Å². The Morgan fingerprint density at radius 2 is 1.84 bits per heavy atom. The monoisotopic (exact) mass is 439 g/mol. The number of nitrogens with zero attached hydrogens (tertiary/aromatic N) is 2. The molecule has 6 nitrogen and oxygen atoms in total. The van der Waals surface area contributed by atoms with Crippen LogP contribution < -0.4 is 5.32 Å². The molecule has 3 aromatic rings. The average molecular weight is 440 g/mol. The van der Waals surface area contributed by atoms with Crippen LogP contribution in [0.4, 0.5) is 0 Å². The molecule has 2 heterocycles. The SMILES string of the molecule is O=C(CCc1ncc(-c2ccccc2)o1)NCC(c1ccc(Cl)cc1)N1CCOCC1. The molecule has 1 unspecified atom stereocenters. The first kappa shape index (κ1) is 21.6. The van der Waals surface area contributed by atoms with Gasteiger partial charge in [-0.15, -0.1) is 0 Å². The number of carbonyl (C=O) groups is 1. The second-order valence-electron chi connectivity index (χ2n) is 7.50. The molecule has 0 radical (unpaired) electrons. The molecule has 1 saturated heterocycles. The minimum Gasteiger partial charge on any atom is -0.441 e. The molecule has 1 aromatic heterocycles. The van der Waals surface area contributed by atoms with Gasteiger partial charge in [0.25, 0.3) is 0 Å². The van der Waals surface area contributed by atoms with Crippen LogP contribution in [0.5, 0.6) is 0 Å². The molecule has 1 N–H and O–H groups in total. The molecule has 0 bridgehead atoms. The van der Waals surface area contributed by atoms with Crippen molar-refractivity contribution in [2.45, 2.75) is 18.9 Å². The van der Waals surface area contributed by atoms with Crippen LogP contribution in [0.15, 0.2) is 65.2 Å². The summed E-state index contributed by atoms with van der Waals surface area (Å²) < 4.78 is 11.3. The van der Waals surface area contributed by atoms with E-state index in [9.17, 15) is 4.79 Å². The van der Waals surface area contributed by atoms with Crippen LogP contribution >= 0.6 is 11.6 Å². The van der Waals surface area contributed by atoms with Gasteiger partial charge < -0.3 is 14.5 Å². The largest absolute Gasteiger partial charge is 0.441 e. The van der Waals surface area contributed by atoms with Crippen molar-refractivity contribution in [1.29, 1.82) is 0 Å². The summed E-state index contributed by atoms with van der Waals surface area (Å²) in [5, 5.41) is 3.78. The van der Waals surface area contributed by atoms with E-state index >= 15 is 0 Å². The molecule has 1 atom stereocenters. The maximum absolute atomic E-state index is 12.5. The Kier molecular flexibility index (Phi) is 7.35. The van der Waals surface area contributed by atoms with Gasteiger partial charge in [0, 0.05) is 43.1 Å². The fourth-order valence-electron chi connectivity index (χ4n) is 3.71. The lowest BCUT2D eigenvalue weighted by molar-refractivity contribution is -0.121. The molecule has 0 spiro atoms. The maximum Gasteiger partial charge on any atom is 0.220 e. The lowest BCUT2D eigenvalue weighted by Gasteiger charge is -2.35. The summed E-state index contributed by atoms with van der Waals surface area (Å²) in [6, 6.07) is 17.7. The fourth-order valence-corrected chi connectivity index (χ4v) is 3.84. The minimum atomic E-state index is -0.0216. The highest BCUT2D eigenvalue weighted by Gasteiger charge is 2.23. The van der Waals surface area contributed by atoms with Gasteiger partial charge in [0.15, 0.2) is 11.7 Å². The molecule has 31 heavy (non-hydrogen) atoms. The highest BCUT2D eigenvalue weighted by atomic mass is 35.5. The van der Waals surface area contributed by atoms with Crippen LogP contribution in [-0.2, 0) is 16.0 Å². The van der Waals surface area contributed by atoms with E-state index in [0.717, 1.165) is 24.2 Å². The second-order valence-corrected chi connectivity index (χ2v) is 7.94. The molecular weight excluding hydrogens is 414 g/mol. The van der Waals surface area contributed by atoms with Crippen molar-refractivity contribution < 1.29 is 13.9 Å². The Morgan fingerprint density at radius 1 is 1.10 bits per heavy atom. The zero-order valence-corrected chi connectivity index (χ0v) is 18.1. The Bertz CT molecular complexity index is 969. The number of morpholine rings is 1. The first-order valence-corrected chi connectivity index (χ1v) is 10.9. The van der Waals surface area contributed by atoms with Gasteiger partial charge in [-0.2, -0.15) is 0 Å². The predicted molar refractivity (Wildman–Crippen MR) is 120 cm³/mol. The van der Waals surface area contributed by atoms with Crippen LogP contribution in [0.2, 0.25) is 5.02 Å². The van der Waals surface area contributed by atoms with Crippen LogP contribution in [-0.4, -0.2) is 48.6 Å². The van der Waals surface area contributed by atoms with Crippen LogP contribution in [0.25, 0.3) is 11.3 Å². The van der Waals surface area contributed by atoms with Gasteiger partial charge in [0.2, 0.25) is 5.91 Å². The molecule has 4 rings (SSSR count). The molecule has 0 aliphatic carbocycles. The smallest absolute Gasteiger partial charge is 0.220 e. The van der Waals surface area contributed by atoms with Crippen molar-refractivity contribution in [2.75, 3.05) is 32.8 Å². The number of nitrogens with one attached hydrogen (secondary N) is 1. The molecular formula is C24H26ClN3O3. The van der Waals surface area contributed by atoms with Crippen molar-refractivity contribution in [1.82, 2.24) is 15.2 Å². The third-order valence-electron chi connectivity index (χ3n) is 5.41. The summed E-state index contributed by atoms with van der Waals surface area (Å²) in [5.74, 6) is 1.26. The van der Waals surface area contributed by atoms with Crippen molar-refractivity contribution >= 4 is 17.5 Å². The number of benzene rings is 2. The number of hydrogen-bond acceptors (Lipinski definition) is 5. The first-order valence-electron chi connectivity index (χ1n) is 10.5. The van der Waals surface area contributed by atoms with Crippen molar-refractivity contribution in [3.05, 3.63) is 77.3 Å². The van der Waals surface area contributed by atoms with Gasteiger partial charge in [-0.05, 0) is 17.7 Å². The fraction of sp³-hybridized carbons (Fsp3) is 0.333. The zero-order chi connectivity index (χ0) is 21.5. The molecule has 1 amide bonds. The summed E-state index contributed by atoms with van der Waals surface area (Å²) in [4.78, 5) is 19.2. The number of halogens is 1. The molecule has 1 fully saturated rings. The quantitative estimate of drug-likeness (QED) is 0.572. The zero-order valence-electron chi connectivity index (χ0n) is 17.3. The molecule has 1 aliphatic heterocycles. The van der Waals surface area contributed by atoms with Crippen molar-refractivity contribution in [3.8, 4) is 11.3 Å². The third kappa shape index (κ3) is 5.94. The summed E-state index contributed by atoms with van der Waals surface area (Å²) in [7, 11) is 0. The van der Waals surface area contributed by atoms with Crippen molar-refractivity contribution in [2.24, 2.45) is 0 Å². The standard InChI is InChI=1S/C24H26ClN3O3/c25-20-8-6-18(7-9-20)21(28-12-14-30-15-13-28)16-26-23(29)10-11-24-27-17-22(31-24)19-4-2-1-3-5-19/h1-9,17,21H,10-16H2,(H,26,29). The molecule has 0 saturated carbocycles. The minimum absolute atomic E-state index is 0.0216. The summed E-state index contributed by atoms with van der Waals surface area (Å²) in [6.07, 6.45) is 2.49. The normalized spacial score (nSPS) is 15.5. The Labute approximate surface area is 187 Å². The highest BCUT2D eigenvalue weighted by molar-refractivity contribution is 6.30. The first-order chi connectivity index (χ1) is 15.2. The van der Waals surface area contributed by atoms with Gasteiger partial charge in [-0.25, -0.2) is 4.98 Å². The van der Waals surface area contributed by atoms with Gasteiger partial charge in [0.1, 0.15) is 0 Å². The van der Waals surface area contributed by atoms with E-state index in [1.54, 1.807) is 6.20 Å². The van der Waals surface area contributed by atoms with Crippen LogP contribution in [0.3, 0.4) is 0 Å². The van der Waals surface area contributed by atoms with E-state index in [2.05, 4.69) is 15.2 Å². The lowest BCUT2D eigenvalue weighted by Crippen LogP contribution is -2.43. The number of oxazole rings is 1. The summed E-state index contributed by atoms with van der Waals surface area (Å²) >= 11 is 6.05. The second kappa shape index (κ2) is 10.6. The Balaban J connectivity index is 1.32. The van der Waals surface area contributed by atoms with Gasteiger partial charge in [-0.3, -0.25) is 9.69 Å². The van der Waals surface area contributed by atoms with Crippen LogP contribution in [0, 0.1) is 0 Å². The van der Waals surface area contributed by atoms with E-state index in [4.69, 9.17) is 20.8 Å². The number of carbonyl (C=O) groups excluding carboxylic acids is 1. The number of ether oxygens (including phenoxy) is 1. The third-order valence-corrected chi connectivity index (χ3v) is 5.66. The van der Waals surface area contributed by atoms with E-state index in [-0.39, 0.29) is 11.9 Å². The predicted octanol–water partition coefficient (Wildman–Crippen LogP) is 4.12. The van der Waals surface area contributed by atoms with Crippen molar-refractivity contribution in [3.63, 3.8) is 0 Å². The number of aromatic nitrogens is 1. The maximum atomic E-state index is 12.5. The van der Waals surface area contributed by atoms with Gasteiger partial charge in [-0.1, -0.05) is 54.1 Å². The number of hydrogen-bond donors (Lipinski definition) is 1. The number of rotatable bonds is 8. The van der Waals surface area contributed by atoms with E-state index < -0.39 is 0 Å².